The number of carboxylic acid groups (broad SMARTS) is 1. The number of rotatable bonds is 1. The minimum atomic E-state index is -1.06. The Morgan fingerprint density at radius 1 is 1.53 bits per heavy atom. The van der Waals surface area contributed by atoms with Crippen LogP contribution in [0.15, 0.2) is 23.1 Å². The topological polar surface area (TPSA) is 54.4 Å². The van der Waals surface area contributed by atoms with E-state index in [1.165, 1.54) is 11.8 Å². The summed E-state index contributed by atoms with van der Waals surface area (Å²) in [6.45, 7) is 0. The number of thioether (sulfide) groups is 1. The molecule has 1 aromatic carbocycles. The van der Waals surface area contributed by atoms with Crippen LogP contribution < -0.4 is 0 Å². The standard InChI is InChI=1S/C10H7ClO3S/c11-5-1-2-6-8(3-5)15-4-7(9(6)12)10(13)14/h1-3,7H,4H2,(H,13,14). The number of benzene rings is 1. The first kappa shape index (κ1) is 10.5. The molecular formula is C10H7ClO3S. The number of halogens is 1. The van der Waals surface area contributed by atoms with Gasteiger partial charge in [0.15, 0.2) is 5.78 Å². The molecule has 3 nitrogen and oxygen atoms in total. The molecule has 1 atom stereocenters. The molecule has 0 saturated carbocycles. The van der Waals surface area contributed by atoms with E-state index < -0.39 is 11.9 Å². The number of ketones is 1. The van der Waals surface area contributed by atoms with Crippen LogP contribution in [0.1, 0.15) is 10.4 Å². The van der Waals surface area contributed by atoms with Gasteiger partial charge in [-0.05, 0) is 18.2 Å². The van der Waals surface area contributed by atoms with Crippen molar-refractivity contribution in [2.45, 2.75) is 4.90 Å². The maximum Gasteiger partial charge on any atom is 0.315 e. The molecule has 5 heteroatoms. The highest BCUT2D eigenvalue weighted by Crippen LogP contribution is 2.34. The van der Waals surface area contributed by atoms with Gasteiger partial charge in [-0.3, -0.25) is 9.59 Å². The highest BCUT2D eigenvalue weighted by Gasteiger charge is 2.33. The van der Waals surface area contributed by atoms with Crippen LogP contribution in [0, 0.1) is 5.92 Å². The summed E-state index contributed by atoms with van der Waals surface area (Å²) >= 11 is 7.14. The van der Waals surface area contributed by atoms with E-state index in [0.717, 1.165) is 4.90 Å². The monoisotopic (exact) mass is 242 g/mol. The molecule has 1 heterocycles. The Morgan fingerprint density at radius 3 is 2.93 bits per heavy atom. The predicted octanol–water partition coefficient (Wildman–Crippen LogP) is 2.33. The third-order valence-corrected chi connectivity index (χ3v) is 3.61. The lowest BCUT2D eigenvalue weighted by Gasteiger charge is -2.19. The zero-order valence-corrected chi connectivity index (χ0v) is 9.14. The molecule has 15 heavy (non-hydrogen) atoms. The van der Waals surface area contributed by atoms with Gasteiger partial charge < -0.3 is 5.11 Å². The van der Waals surface area contributed by atoms with E-state index in [2.05, 4.69) is 0 Å². The van der Waals surface area contributed by atoms with E-state index in [0.29, 0.717) is 10.6 Å². The van der Waals surface area contributed by atoms with E-state index in [9.17, 15) is 9.59 Å². The molecule has 1 aliphatic rings. The van der Waals surface area contributed by atoms with Crippen molar-refractivity contribution >= 4 is 35.1 Å². The molecule has 0 amide bonds. The summed E-state index contributed by atoms with van der Waals surface area (Å²) in [4.78, 5) is 23.3. The van der Waals surface area contributed by atoms with E-state index in [4.69, 9.17) is 16.7 Å². The van der Waals surface area contributed by atoms with E-state index in [1.54, 1.807) is 18.2 Å². The third kappa shape index (κ3) is 1.87. The van der Waals surface area contributed by atoms with Gasteiger partial charge in [0.2, 0.25) is 0 Å². The van der Waals surface area contributed by atoms with E-state index in [-0.39, 0.29) is 11.5 Å². The minimum Gasteiger partial charge on any atom is -0.481 e. The fraction of sp³-hybridized carbons (Fsp3) is 0.200. The van der Waals surface area contributed by atoms with Crippen molar-refractivity contribution in [1.82, 2.24) is 0 Å². The van der Waals surface area contributed by atoms with Gasteiger partial charge in [0.05, 0.1) is 0 Å². The van der Waals surface area contributed by atoms with Crippen LogP contribution in [0.25, 0.3) is 0 Å². The lowest BCUT2D eigenvalue weighted by molar-refractivity contribution is -0.139. The number of hydrogen-bond acceptors (Lipinski definition) is 3. The fourth-order valence-corrected chi connectivity index (χ4v) is 2.85. The second-order valence-electron chi connectivity index (χ2n) is 3.21. The highest BCUT2D eigenvalue weighted by atomic mass is 35.5. The Kier molecular flexibility index (Phi) is 2.71. The number of carbonyl (C=O) groups is 2. The lowest BCUT2D eigenvalue weighted by atomic mass is 9.99. The molecule has 78 valence electrons. The number of Topliss-reactive ketones (excluding diaryl/α,β-unsaturated/α-hetero) is 1. The molecule has 1 aromatic rings. The average molecular weight is 243 g/mol. The van der Waals surface area contributed by atoms with Gasteiger partial charge in [0.25, 0.3) is 0 Å². The summed E-state index contributed by atoms with van der Waals surface area (Å²) in [6.07, 6.45) is 0. The minimum absolute atomic E-state index is 0.279. The normalized spacial score (nSPS) is 19.8. The van der Waals surface area contributed by atoms with Crippen LogP contribution in [-0.2, 0) is 4.79 Å². The number of carboxylic acids is 1. The Bertz CT molecular complexity index is 444. The number of fused-ring (bicyclic) bond motifs is 1. The van der Waals surface area contributed by atoms with Crippen LogP contribution in [0.5, 0.6) is 0 Å². The second-order valence-corrected chi connectivity index (χ2v) is 4.70. The Hall–Kier alpha value is -1.00. The molecule has 0 aromatic heterocycles. The first-order chi connectivity index (χ1) is 7.09. The van der Waals surface area contributed by atoms with Crippen molar-refractivity contribution < 1.29 is 14.7 Å². The molecule has 0 fully saturated rings. The highest BCUT2D eigenvalue weighted by molar-refractivity contribution is 7.99. The molecule has 0 radical (unpaired) electrons. The third-order valence-electron chi connectivity index (χ3n) is 2.23. The zero-order chi connectivity index (χ0) is 11.0. The van der Waals surface area contributed by atoms with Gasteiger partial charge in [-0.15, -0.1) is 11.8 Å². The van der Waals surface area contributed by atoms with Gasteiger partial charge in [0.1, 0.15) is 5.92 Å². The molecule has 1 unspecified atom stereocenters. The summed E-state index contributed by atoms with van der Waals surface area (Å²) < 4.78 is 0. The van der Waals surface area contributed by atoms with E-state index >= 15 is 0 Å². The molecule has 0 bridgehead atoms. The first-order valence-corrected chi connectivity index (χ1v) is 5.65. The zero-order valence-electron chi connectivity index (χ0n) is 7.57. The van der Waals surface area contributed by atoms with Crippen molar-refractivity contribution in [1.29, 1.82) is 0 Å². The van der Waals surface area contributed by atoms with Crippen molar-refractivity contribution in [3.63, 3.8) is 0 Å². The maximum atomic E-state index is 11.7. The van der Waals surface area contributed by atoms with Crippen molar-refractivity contribution in [2.24, 2.45) is 5.92 Å². The van der Waals surface area contributed by atoms with Gasteiger partial charge in [-0.1, -0.05) is 11.6 Å². The number of aliphatic carboxylic acids is 1. The Balaban J connectivity index is 2.43. The van der Waals surface area contributed by atoms with Gasteiger partial charge in [-0.25, -0.2) is 0 Å². The molecule has 0 aliphatic carbocycles. The molecule has 1 aliphatic heterocycles. The Morgan fingerprint density at radius 2 is 2.27 bits per heavy atom. The first-order valence-electron chi connectivity index (χ1n) is 4.29. The SMILES string of the molecule is O=C(O)C1CSc2cc(Cl)ccc2C1=O. The van der Waals surface area contributed by atoms with Crippen LogP contribution in [0.3, 0.4) is 0 Å². The van der Waals surface area contributed by atoms with Crippen LogP contribution in [-0.4, -0.2) is 22.6 Å². The molecule has 0 spiro atoms. The fourth-order valence-electron chi connectivity index (χ4n) is 1.44. The summed E-state index contributed by atoms with van der Waals surface area (Å²) in [5, 5.41) is 9.39. The van der Waals surface area contributed by atoms with Crippen molar-refractivity contribution in [2.75, 3.05) is 5.75 Å². The van der Waals surface area contributed by atoms with Crippen LogP contribution in [0.4, 0.5) is 0 Å². The quantitative estimate of drug-likeness (QED) is 0.768. The molecular weight excluding hydrogens is 236 g/mol. The second kappa shape index (κ2) is 3.87. The summed E-state index contributed by atoms with van der Waals surface area (Å²) in [5.41, 5.74) is 0.461. The Labute approximate surface area is 95.4 Å². The van der Waals surface area contributed by atoms with Crippen LogP contribution >= 0.6 is 23.4 Å². The maximum absolute atomic E-state index is 11.7. The molecule has 2 rings (SSSR count). The molecule has 0 saturated heterocycles. The summed E-state index contributed by atoms with van der Waals surface area (Å²) in [5.74, 6) is -2.04. The smallest absolute Gasteiger partial charge is 0.315 e. The van der Waals surface area contributed by atoms with Crippen molar-refractivity contribution in [3.8, 4) is 0 Å². The van der Waals surface area contributed by atoms with Crippen LogP contribution in [0.2, 0.25) is 5.02 Å². The summed E-state index contributed by atoms with van der Waals surface area (Å²) in [7, 11) is 0. The largest absolute Gasteiger partial charge is 0.481 e. The number of carbonyl (C=O) groups excluding carboxylic acids is 1. The van der Waals surface area contributed by atoms with E-state index in [1.807, 2.05) is 0 Å². The van der Waals surface area contributed by atoms with Gasteiger partial charge in [-0.2, -0.15) is 0 Å². The summed E-state index contributed by atoms with van der Waals surface area (Å²) in [6, 6.07) is 4.88. The number of hydrogen-bond donors (Lipinski definition) is 1. The predicted molar refractivity (Wildman–Crippen MR) is 57.6 cm³/mol. The van der Waals surface area contributed by atoms with Gasteiger partial charge >= 0.3 is 5.97 Å². The van der Waals surface area contributed by atoms with Crippen molar-refractivity contribution in [3.05, 3.63) is 28.8 Å². The average Bonchev–Trinajstić information content (AvgIpc) is 2.17. The van der Waals surface area contributed by atoms with Gasteiger partial charge in [0, 0.05) is 21.2 Å². The molecule has 1 N–H and O–H groups in total. The lowest BCUT2D eigenvalue weighted by Crippen LogP contribution is -2.29.